The zero-order valence-corrected chi connectivity index (χ0v) is 22.6. The first kappa shape index (κ1) is 31.8. The van der Waals surface area contributed by atoms with Gasteiger partial charge in [-0.15, -0.1) is 0 Å². The van der Waals surface area contributed by atoms with Crippen LogP contribution in [0.1, 0.15) is 53.0 Å². The normalized spacial score (nSPS) is 13.8. The predicted molar refractivity (Wildman–Crippen MR) is 138 cm³/mol. The highest BCUT2D eigenvalue weighted by Gasteiger charge is 2.54. The van der Waals surface area contributed by atoms with Crippen LogP contribution in [0.15, 0.2) is 30.3 Å². The summed E-state index contributed by atoms with van der Waals surface area (Å²) in [6.07, 6.45) is -1.54. The number of nitrogens with one attached hydrogen (secondary N) is 2. The first-order chi connectivity index (χ1) is 18.1. The van der Waals surface area contributed by atoms with Gasteiger partial charge in [0.1, 0.15) is 17.5 Å². The van der Waals surface area contributed by atoms with Crippen molar-refractivity contribution in [2.45, 2.75) is 66.7 Å². The number of hydrogen-bond acceptors (Lipinski definition) is 4. The molecule has 0 saturated heterocycles. The molecule has 4 rings (SSSR count). The largest absolute Gasteiger partial charge is 0.320 e. The van der Waals surface area contributed by atoms with Crippen LogP contribution in [0.3, 0.4) is 0 Å². The third-order valence-electron chi connectivity index (χ3n) is 6.27. The van der Waals surface area contributed by atoms with E-state index < -0.39 is 58.6 Å². The van der Waals surface area contributed by atoms with E-state index in [1.54, 1.807) is 13.8 Å². The van der Waals surface area contributed by atoms with Crippen LogP contribution >= 0.6 is 0 Å². The molecule has 0 unspecified atom stereocenters. The fraction of sp³-hybridized carbons (Fsp3) is 0.444. The number of halogens is 7. The fourth-order valence-electron chi connectivity index (χ4n) is 3.75. The van der Waals surface area contributed by atoms with Gasteiger partial charge in [-0.05, 0) is 69.5 Å². The second kappa shape index (κ2) is 12.2. The van der Waals surface area contributed by atoms with Gasteiger partial charge in [-0.1, -0.05) is 20.8 Å². The molecule has 0 amide bonds. The Morgan fingerprint density at radius 2 is 1.72 bits per heavy atom. The summed E-state index contributed by atoms with van der Waals surface area (Å²) < 4.78 is 94.8. The number of hydrogen-bond donors (Lipinski definition) is 2. The van der Waals surface area contributed by atoms with Gasteiger partial charge in [0.15, 0.2) is 11.6 Å². The Kier molecular flexibility index (Phi) is 9.91. The van der Waals surface area contributed by atoms with Gasteiger partial charge < -0.3 is 4.90 Å². The van der Waals surface area contributed by atoms with Gasteiger partial charge in [-0.25, -0.2) is 30.7 Å². The number of aromatic nitrogens is 2. The van der Waals surface area contributed by atoms with Crippen molar-refractivity contribution in [1.29, 1.82) is 10.8 Å². The maximum Gasteiger partial charge on any atom is 0.256 e. The lowest BCUT2D eigenvalue weighted by Gasteiger charge is -2.26. The van der Waals surface area contributed by atoms with E-state index in [1.165, 1.54) is 19.1 Å². The van der Waals surface area contributed by atoms with Crippen molar-refractivity contribution in [3.05, 3.63) is 59.0 Å². The van der Waals surface area contributed by atoms with E-state index in [-0.39, 0.29) is 17.0 Å². The lowest BCUT2D eigenvalue weighted by molar-refractivity contribution is -0.0462. The number of nitrogens with zero attached hydrogens (tertiary/aromatic N) is 3. The number of alkyl halides is 4. The van der Waals surface area contributed by atoms with Crippen molar-refractivity contribution < 1.29 is 30.7 Å². The Bertz CT molecular complexity index is 1370. The molecule has 5 nitrogen and oxygen atoms in total. The van der Waals surface area contributed by atoms with Crippen molar-refractivity contribution in [2.24, 2.45) is 5.41 Å². The molecule has 214 valence electrons. The first-order valence-corrected chi connectivity index (χ1v) is 12.3. The molecule has 1 heterocycles. The van der Waals surface area contributed by atoms with Gasteiger partial charge in [0.2, 0.25) is 5.62 Å². The summed E-state index contributed by atoms with van der Waals surface area (Å²) in [6.45, 7) is 8.50. The lowest BCUT2D eigenvalue weighted by atomic mass is 10.0. The first-order valence-electron chi connectivity index (χ1n) is 12.3. The van der Waals surface area contributed by atoms with E-state index in [0.29, 0.717) is 18.4 Å². The minimum absolute atomic E-state index is 0.0519. The molecule has 1 saturated carbocycles. The monoisotopic (exact) mass is 559 g/mol. The van der Waals surface area contributed by atoms with Crippen LogP contribution in [0.2, 0.25) is 0 Å². The number of aryl methyl sites for hydroxylation is 1. The van der Waals surface area contributed by atoms with E-state index in [1.807, 2.05) is 13.8 Å². The van der Waals surface area contributed by atoms with Crippen LogP contribution in [0, 0.1) is 40.6 Å². The molecule has 1 aliphatic rings. The molecule has 0 aliphatic heterocycles. The number of rotatable bonds is 5. The van der Waals surface area contributed by atoms with Crippen molar-refractivity contribution in [2.75, 3.05) is 11.4 Å². The summed E-state index contributed by atoms with van der Waals surface area (Å²) in [4.78, 5) is 4.71. The van der Waals surface area contributed by atoms with Gasteiger partial charge in [-0.2, -0.15) is 4.98 Å². The molecule has 39 heavy (non-hydrogen) atoms. The van der Waals surface area contributed by atoms with Gasteiger partial charge >= 0.3 is 0 Å². The molecule has 2 N–H and O–H groups in total. The van der Waals surface area contributed by atoms with Crippen LogP contribution in [-0.2, 0) is 0 Å². The van der Waals surface area contributed by atoms with Crippen molar-refractivity contribution in [3.63, 3.8) is 0 Å². The van der Waals surface area contributed by atoms with E-state index in [0.717, 1.165) is 34.6 Å². The molecular formula is C27H32F7N5. The fourth-order valence-corrected chi connectivity index (χ4v) is 3.75. The van der Waals surface area contributed by atoms with Crippen LogP contribution < -0.4 is 10.5 Å². The molecule has 0 spiro atoms. The summed E-state index contributed by atoms with van der Waals surface area (Å²) >= 11 is 0. The van der Waals surface area contributed by atoms with Crippen LogP contribution in [0.25, 0.3) is 10.9 Å². The van der Waals surface area contributed by atoms with E-state index in [9.17, 15) is 30.7 Å². The Morgan fingerprint density at radius 1 is 1.13 bits per heavy atom. The molecule has 1 fully saturated rings. The van der Waals surface area contributed by atoms with Gasteiger partial charge in [0, 0.05) is 11.1 Å². The third kappa shape index (κ3) is 7.15. The molecule has 1 aromatic heterocycles. The van der Waals surface area contributed by atoms with Gasteiger partial charge in [-0.3, -0.25) is 15.4 Å². The average Bonchev–Trinajstić information content (AvgIpc) is 3.59. The highest BCUT2D eigenvalue weighted by Crippen LogP contribution is 2.55. The van der Waals surface area contributed by atoms with Gasteiger partial charge in [0.05, 0.1) is 17.4 Å². The average molecular weight is 560 g/mol. The standard InChI is InChI=1S/C19H16F5N5.C6H10F2.C2H6/c1-9-5-11(20)7-12(6-9)28(8-15(22)23)18-16-14(4-3-13(21)17(16)24)29(10(2)25)19(26)27-18;1-5(3-4-5)6(2,7)8;1-2/h3-7,15,25-26H,8H2,1-2H3;3-4H2,1-2H3;1-2H3. The second-order valence-corrected chi connectivity index (χ2v) is 9.37. The quantitative estimate of drug-likeness (QED) is 0.189. The topological polar surface area (TPSA) is 68.8 Å². The summed E-state index contributed by atoms with van der Waals surface area (Å²) in [5, 5.41) is 15.4. The summed E-state index contributed by atoms with van der Waals surface area (Å²) in [6, 6.07) is 5.48. The Labute approximate surface area is 222 Å². The van der Waals surface area contributed by atoms with Crippen molar-refractivity contribution >= 4 is 28.2 Å². The van der Waals surface area contributed by atoms with E-state index in [4.69, 9.17) is 10.8 Å². The molecule has 3 aromatic rings. The van der Waals surface area contributed by atoms with Crippen LogP contribution in [0.5, 0.6) is 0 Å². The van der Waals surface area contributed by atoms with E-state index in [2.05, 4.69) is 4.98 Å². The number of benzene rings is 2. The Balaban J connectivity index is 0.000000451. The smallest absolute Gasteiger partial charge is 0.256 e. The van der Waals surface area contributed by atoms with Gasteiger partial charge in [0.25, 0.3) is 12.3 Å². The maximum absolute atomic E-state index is 14.8. The van der Waals surface area contributed by atoms with Crippen molar-refractivity contribution in [3.8, 4) is 0 Å². The Hall–Kier alpha value is -3.44. The molecule has 0 radical (unpaired) electrons. The number of fused-ring (bicyclic) bond motifs is 1. The molecule has 0 atom stereocenters. The zero-order valence-electron chi connectivity index (χ0n) is 22.6. The highest BCUT2D eigenvalue weighted by atomic mass is 19.3. The third-order valence-corrected chi connectivity index (χ3v) is 6.27. The van der Waals surface area contributed by atoms with Crippen LogP contribution in [0.4, 0.5) is 42.2 Å². The molecule has 2 aromatic carbocycles. The summed E-state index contributed by atoms with van der Waals surface area (Å²) in [5.41, 5.74) is -0.920. The maximum atomic E-state index is 14.8. The van der Waals surface area contributed by atoms with Crippen molar-refractivity contribution in [1.82, 2.24) is 9.55 Å². The predicted octanol–water partition coefficient (Wildman–Crippen LogP) is 7.96. The van der Waals surface area contributed by atoms with Crippen LogP contribution in [-0.4, -0.2) is 34.3 Å². The summed E-state index contributed by atoms with van der Waals surface area (Å²) in [5.74, 6) is -6.45. The molecular weight excluding hydrogens is 527 g/mol. The van der Waals surface area contributed by atoms with E-state index >= 15 is 0 Å². The Morgan fingerprint density at radius 3 is 2.15 bits per heavy atom. The minimum Gasteiger partial charge on any atom is -0.320 e. The summed E-state index contributed by atoms with van der Waals surface area (Å²) in [7, 11) is 0. The molecule has 12 heteroatoms. The number of anilines is 2. The molecule has 1 aliphatic carbocycles. The zero-order chi connectivity index (χ0) is 29.9. The molecule has 0 bridgehead atoms. The SMILES string of the molecule is CC.CC(=N)n1c(=N)nc(N(CC(F)F)c2cc(C)cc(F)c2)c2c(F)c(F)ccc21.CC(F)(F)C1(C)CC1. The second-order valence-electron chi connectivity index (χ2n) is 9.37. The lowest BCUT2D eigenvalue weighted by Crippen LogP contribution is -2.33. The minimum atomic E-state index is -2.92. The highest BCUT2D eigenvalue weighted by molar-refractivity contribution is 5.97.